The van der Waals surface area contributed by atoms with E-state index in [-0.39, 0.29) is 16.6 Å². The first-order valence-electron chi connectivity index (χ1n) is 9.79. The van der Waals surface area contributed by atoms with Crippen LogP contribution in [0.5, 0.6) is 0 Å². The van der Waals surface area contributed by atoms with Gasteiger partial charge in [-0.05, 0) is 66.7 Å². The Hall–Kier alpha value is -1.05. The van der Waals surface area contributed by atoms with Gasteiger partial charge in [0, 0.05) is 17.3 Å². The van der Waals surface area contributed by atoms with Crippen LogP contribution in [0.25, 0.3) is 0 Å². The predicted octanol–water partition coefficient (Wildman–Crippen LogP) is 4.25. The lowest BCUT2D eigenvalue weighted by Gasteiger charge is -2.57. The molecule has 0 aliphatic heterocycles. The maximum atomic E-state index is 12.6. The highest BCUT2D eigenvalue weighted by Gasteiger charge is 2.60. The van der Waals surface area contributed by atoms with E-state index in [1.807, 2.05) is 0 Å². The molecular formula is C22H29O3P. The van der Waals surface area contributed by atoms with Crippen molar-refractivity contribution in [2.45, 2.75) is 46.0 Å². The molecule has 4 aliphatic rings. The van der Waals surface area contributed by atoms with Crippen molar-refractivity contribution in [3.8, 4) is 0 Å². The molecule has 3 nitrogen and oxygen atoms in total. The molecular weight excluding hydrogens is 343 g/mol. The van der Waals surface area contributed by atoms with E-state index in [9.17, 15) is 9.59 Å². The number of carbonyl (C=O) groups is 2. The van der Waals surface area contributed by atoms with Gasteiger partial charge in [0.15, 0.2) is 5.78 Å². The Morgan fingerprint density at radius 2 is 2.00 bits per heavy atom. The standard InChI is InChI=1S/C22H29O3P/c1-13-8-16-17-4-5-20(24)21(17,2)7-6-18(16)22(3)14(11-25-12-26)9-15(23)10-19(13)22/h9-10,16-18H,1,4-8,11-12,26H2,2-3H3/t16-,17-,18-,21-,22+/m0/s1. The summed E-state index contributed by atoms with van der Waals surface area (Å²) in [5.74, 6) is 1.89. The molecule has 140 valence electrons. The lowest BCUT2D eigenvalue weighted by atomic mass is 9.46. The van der Waals surface area contributed by atoms with E-state index in [1.165, 1.54) is 0 Å². The van der Waals surface area contributed by atoms with Crippen LogP contribution >= 0.6 is 9.24 Å². The van der Waals surface area contributed by atoms with Crippen molar-refractivity contribution in [1.82, 2.24) is 0 Å². The van der Waals surface area contributed by atoms with Crippen LogP contribution in [0.2, 0.25) is 0 Å². The lowest BCUT2D eigenvalue weighted by Crippen LogP contribution is -2.52. The highest BCUT2D eigenvalue weighted by molar-refractivity contribution is 7.16. The van der Waals surface area contributed by atoms with Crippen molar-refractivity contribution < 1.29 is 14.3 Å². The van der Waals surface area contributed by atoms with Gasteiger partial charge < -0.3 is 4.74 Å². The third-order valence-electron chi connectivity index (χ3n) is 7.96. The maximum Gasteiger partial charge on any atom is 0.179 e. The molecule has 0 amide bonds. The number of Topliss-reactive ketones (excluding diaryl/α,β-unsaturated/α-hetero) is 1. The normalized spacial score (nSPS) is 42.0. The molecule has 0 heterocycles. The fourth-order valence-electron chi connectivity index (χ4n) is 6.55. The first kappa shape index (κ1) is 18.3. The van der Waals surface area contributed by atoms with Crippen LogP contribution in [0.15, 0.2) is 35.5 Å². The summed E-state index contributed by atoms with van der Waals surface area (Å²) in [5, 5.41) is 0. The van der Waals surface area contributed by atoms with E-state index in [2.05, 4.69) is 29.7 Å². The zero-order valence-corrected chi connectivity index (χ0v) is 17.0. The molecule has 0 radical (unpaired) electrons. The molecule has 1 unspecified atom stereocenters. The molecule has 26 heavy (non-hydrogen) atoms. The summed E-state index contributed by atoms with van der Waals surface area (Å²) in [7, 11) is 2.58. The van der Waals surface area contributed by atoms with Gasteiger partial charge in [-0.3, -0.25) is 9.59 Å². The van der Waals surface area contributed by atoms with Crippen LogP contribution in [0.3, 0.4) is 0 Å². The lowest BCUT2D eigenvalue weighted by molar-refractivity contribution is -0.131. The Kier molecular flexibility index (Phi) is 4.40. The van der Waals surface area contributed by atoms with Crippen LogP contribution in [0, 0.1) is 28.6 Å². The van der Waals surface area contributed by atoms with Crippen molar-refractivity contribution in [3.05, 3.63) is 35.5 Å². The SMILES string of the molecule is C=C1C[C@@H]2[C@H](CC[C@]3(C)C(=O)CC[C@@H]23)[C@@]2(C)C(COCP)=CC(=O)C=C12. The van der Waals surface area contributed by atoms with E-state index in [1.54, 1.807) is 12.2 Å². The Bertz CT molecular complexity index is 748. The quantitative estimate of drug-likeness (QED) is 0.696. The van der Waals surface area contributed by atoms with Crippen LogP contribution in [0.1, 0.15) is 46.0 Å². The third kappa shape index (κ3) is 2.39. The molecule has 6 atom stereocenters. The fourth-order valence-corrected chi connectivity index (χ4v) is 6.67. The molecule has 0 aromatic rings. The number of ketones is 2. The van der Waals surface area contributed by atoms with Gasteiger partial charge in [0.05, 0.1) is 13.0 Å². The van der Waals surface area contributed by atoms with E-state index in [0.717, 1.165) is 48.8 Å². The molecule has 4 aliphatic carbocycles. The third-order valence-corrected chi connectivity index (χ3v) is 8.19. The molecule has 0 N–H and O–H groups in total. The minimum absolute atomic E-state index is 0.0520. The Morgan fingerprint density at radius 1 is 1.23 bits per heavy atom. The summed E-state index contributed by atoms with van der Waals surface area (Å²) in [6.07, 6.45) is 8.82. The number of hydrogen-bond acceptors (Lipinski definition) is 3. The van der Waals surface area contributed by atoms with Gasteiger partial charge in [0.2, 0.25) is 0 Å². The topological polar surface area (TPSA) is 43.4 Å². The second kappa shape index (κ2) is 6.24. The number of ether oxygens (including phenoxy) is 1. The Morgan fingerprint density at radius 3 is 2.73 bits per heavy atom. The minimum Gasteiger partial charge on any atom is -0.373 e. The Labute approximate surface area is 158 Å². The average molecular weight is 372 g/mol. The number of fused-ring (bicyclic) bond motifs is 5. The second-order valence-corrected chi connectivity index (χ2v) is 9.28. The minimum atomic E-state index is -0.194. The van der Waals surface area contributed by atoms with Crippen molar-refractivity contribution >= 4 is 20.8 Å². The average Bonchev–Trinajstić information content (AvgIpc) is 2.90. The Balaban J connectivity index is 1.77. The van der Waals surface area contributed by atoms with Crippen molar-refractivity contribution in [2.75, 3.05) is 13.0 Å². The first-order chi connectivity index (χ1) is 12.3. The number of rotatable bonds is 3. The monoisotopic (exact) mass is 372 g/mol. The zero-order chi connectivity index (χ0) is 18.7. The van der Waals surface area contributed by atoms with Crippen LogP contribution in [-0.4, -0.2) is 24.5 Å². The molecule has 3 saturated carbocycles. The largest absolute Gasteiger partial charge is 0.373 e. The predicted molar refractivity (Wildman–Crippen MR) is 106 cm³/mol. The van der Waals surface area contributed by atoms with Crippen LogP contribution in [0.4, 0.5) is 0 Å². The van der Waals surface area contributed by atoms with E-state index < -0.39 is 0 Å². The highest BCUT2D eigenvalue weighted by Crippen LogP contribution is 2.65. The van der Waals surface area contributed by atoms with E-state index >= 15 is 0 Å². The van der Waals surface area contributed by atoms with Gasteiger partial charge in [0.1, 0.15) is 5.78 Å². The zero-order valence-electron chi connectivity index (χ0n) is 15.8. The molecule has 4 heteroatoms. The molecule has 0 saturated heterocycles. The van der Waals surface area contributed by atoms with E-state index in [4.69, 9.17) is 4.74 Å². The summed E-state index contributed by atoms with van der Waals surface area (Å²) >= 11 is 0. The van der Waals surface area contributed by atoms with Gasteiger partial charge >= 0.3 is 0 Å². The molecule has 0 bridgehead atoms. The molecule has 0 aromatic carbocycles. The van der Waals surface area contributed by atoms with Gasteiger partial charge in [-0.1, -0.05) is 26.0 Å². The van der Waals surface area contributed by atoms with Crippen LogP contribution in [-0.2, 0) is 14.3 Å². The van der Waals surface area contributed by atoms with Crippen molar-refractivity contribution in [2.24, 2.45) is 28.6 Å². The summed E-state index contributed by atoms with van der Waals surface area (Å²) < 4.78 is 5.71. The number of allylic oxidation sites excluding steroid dienone is 4. The van der Waals surface area contributed by atoms with Crippen LogP contribution < -0.4 is 0 Å². The number of hydrogen-bond donors (Lipinski definition) is 0. The van der Waals surface area contributed by atoms with Gasteiger partial charge in [-0.15, -0.1) is 9.24 Å². The van der Waals surface area contributed by atoms with Crippen molar-refractivity contribution in [1.29, 1.82) is 0 Å². The van der Waals surface area contributed by atoms with Gasteiger partial charge in [-0.2, -0.15) is 0 Å². The smallest absolute Gasteiger partial charge is 0.179 e. The summed E-state index contributed by atoms with van der Waals surface area (Å²) in [4.78, 5) is 24.9. The summed E-state index contributed by atoms with van der Waals surface area (Å²) in [6, 6.07) is 0. The molecule has 3 fully saturated rings. The first-order valence-corrected chi connectivity index (χ1v) is 10.6. The maximum absolute atomic E-state index is 12.6. The fraction of sp³-hybridized carbons (Fsp3) is 0.636. The molecule has 4 rings (SSSR count). The molecule has 0 aromatic heterocycles. The summed E-state index contributed by atoms with van der Waals surface area (Å²) in [5.41, 5.74) is 2.94. The summed E-state index contributed by atoms with van der Waals surface area (Å²) in [6.45, 7) is 9.32. The van der Waals surface area contributed by atoms with E-state index in [0.29, 0.717) is 36.5 Å². The number of carbonyl (C=O) groups excluding carboxylic acids is 2. The van der Waals surface area contributed by atoms with Crippen molar-refractivity contribution in [3.63, 3.8) is 0 Å². The molecule has 0 spiro atoms. The van der Waals surface area contributed by atoms with Gasteiger partial charge in [-0.25, -0.2) is 0 Å². The van der Waals surface area contributed by atoms with Gasteiger partial charge in [0.25, 0.3) is 0 Å². The second-order valence-electron chi connectivity index (χ2n) is 8.95. The highest BCUT2D eigenvalue weighted by atomic mass is 31.0.